The minimum absolute atomic E-state index is 0.0466. The number of nitrogens with one attached hydrogen (secondary N) is 2. The summed E-state index contributed by atoms with van der Waals surface area (Å²) in [6.07, 6.45) is 8.04. The van der Waals surface area contributed by atoms with Crippen LogP contribution in [-0.4, -0.2) is 151 Å². The number of aryl methyl sites for hydroxylation is 2. The van der Waals surface area contributed by atoms with Crippen LogP contribution in [0.5, 0.6) is 34.5 Å². The molecule has 1 aliphatic carbocycles. The van der Waals surface area contributed by atoms with E-state index in [0.29, 0.717) is 66.0 Å². The number of rotatable bonds is 28. The van der Waals surface area contributed by atoms with Gasteiger partial charge in [-0.05, 0) is 127 Å². The molecule has 6 aromatic rings. The molecule has 0 bridgehead atoms. The lowest BCUT2D eigenvalue weighted by Crippen LogP contribution is -2.58. The maximum absolute atomic E-state index is 15.2. The first-order chi connectivity index (χ1) is 44.4. The maximum Gasteiger partial charge on any atom is 0.329 e. The van der Waals surface area contributed by atoms with Crippen molar-refractivity contribution in [2.24, 2.45) is 11.3 Å². The van der Waals surface area contributed by atoms with Crippen molar-refractivity contribution in [1.82, 2.24) is 40.4 Å². The zero-order chi connectivity index (χ0) is 65.5. The van der Waals surface area contributed by atoms with Crippen LogP contribution < -0.4 is 39.1 Å². The molecule has 2 unspecified atom stereocenters. The van der Waals surface area contributed by atoms with Crippen LogP contribution in [0.15, 0.2) is 90.6 Å². The van der Waals surface area contributed by atoms with Crippen LogP contribution in [0.25, 0.3) is 10.4 Å². The molecular formula is C69H88N8O14S. The fraction of sp³-hybridized carbons (Fsp3) is 0.507. The first-order valence-electron chi connectivity index (χ1n) is 31.7. The van der Waals surface area contributed by atoms with Gasteiger partial charge in [-0.25, -0.2) is 14.5 Å². The second-order valence-corrected chi connectivity index (χ2v) is 25.7. The van der Waals surface area contributed by atoms with Gasteiger partial charge in [0.25, 0.3) is 0 Å². The molecule has 23 heteroatoms. The lowest BCUT2D eigenvalue weighted by molar-refractivity contribution is -0.163. The molecule has 3 N–H and O–H groups in total. The molecule has 4 aromatic carbocycles. The van der Waals surface area contributed by atoms with Crippen molar-refractivity contribution < 1.29 is 67.0 Å². The Balaban J connectivity index is 0.768. The van der Waals surface area contributed by atoms with E-state index >= 15 is 4.79 Å². The number of hydrogen-bond donors (Lipinski definition) is 3. The van der Waals surface area contributed by atoms with Crippen molar-refractivity contribution in [1.29, 1.82) is 0 Å². The molecular weight excluding hydrogens is 1200 g/mol. The number of aliphatic hydroxyl groups excluding tert-OH is 1. The van der Waals surface area contributed by atoms with Crippen LogP contribution >= 0.6 is 11.3 Å². The summed E-state index contributed by atoms with van der Waals surface area (Å²) in [7, 11) is 7.84. The van der Waals surface area contributed by atoms with Gasteiger partial charge in [0.05, 0.1) is 83.0 Å². The normalized spacial score (nSPS) is 17.9. The second-order valence-electron chi connectivity index (χ2n) is 24.9. The molecule has 2 saturated heterocycles. The number of aromatic nitrogens is 4. The van der Waals surface area contributed by atoms with Crippen LogP contribution in [0, 0.1) is 18.3 Å². The summed E-state index contributed by atoms with van der Waals surface area (Å²) in [6.45, 7) is 8.13. The van der Waals surface area contributed by atoms with Gasteiger partial charge in [0.15, 0.2) is 23.0 Å². The molecule has 0 radical (unpaired) electrons. The molecule has 2 aromatic heterocycles. The summed E-state index contributed by atoms with van der Waals surface area (Å²) < 4.78 is 48.6. The Hall–Kier alpha value is -8.28. The minimum atomic E-state index is -1.02. The molecule has 3 aliphatic rings. The fourth-order valence-electron chi connectivity index (χ4n) is 12.6. The van der Waals surface area contributed by atoms with E-state index in [9.17, 15) is 24.3 Å². The van der Waals surface area contributed by atoms with Crippen molar-refractivity contribution in [3.05, 3.63) is 124 Å². The lowest BCUT2D eigenvalue weighted by atomic mass is 9.75. The highest BCUT2D eigenvalue weighted by Crippen LogP contribution is 2.46. The second kappa shape index (κ2) is 31.8. The number of likely N-dealkylation sites (tertiary alicyclic amines) is 2. The first kappa shape index (κ1) is 68.1. The monoisotopic (exact) mass is 1280 g/mol. The summed E-state index contributed by atoms with van der Waals surface area (Å²) in [6, 6.07) is 22.0. The molecule has 6 atom stereocenters. The Kier molecular flexibility index (Phi) is 23.6. The molecule has 4 heterocycles. The highest BCUT2D eigenvalue weighted by molar-refractivity contribution is 7.13. The van der Waals surface area contributed by atoms with Crippen molar-refractivity contribution in [2.75, 3.05) is 61.9 Å². The smallest absolute Gasteiger partial charge is 0.329 e. The number of carbonyl (C=O) groups excluding carboxylic acids is 5. The Morgan fingerprint density at radius 3 is 2.17 bits per heavy atom. The number of β-amino-alcohol motifs (C(OH)–C–C–N with tert-alkyl or cyclic N) is 1. The standard InChI is InChI=1S/C69H88N8O14S/c1-43-63(92-42-71-43)47-25-21-45(22-26-47)37-70-65(80)54-36-51(78)39-77(54)67(82)64(69(2,3)4)72-60(79)41-89-31-30-75-38-50(73-74-75)40-90-56-28-24-44(32-57(56)85-6)23-27-55(48-18-15-19-52(33-48)84-5)91-68(83)53-20-13-14-29-76(53)66(81)61(46-16-11-10-12-17-46)49-34-58(86-7)62(88-9)59(35-49)87-8/h15,18-19,21-22,24-26,28,32-35,38,42,46,51,53-55,61,64,78H,10-14,16-17,20,23,27,29-31,36-37,39-41H2,1-9H3,(H,70,80)(H,72,79)/t51-,53?,54+,55?,61+,64-/m1/s1. The zero-order valence-corrected chi connectivity index (χ0v) is 55.1. The van der Waals surface area contributed by atoms with Gasteiger partial charge < -0.3 is 63.4 Å². The van der Waals surface area contributed by atoms with E-state index in [1.54, 1.807) is 62.7 Å². The highest BCUT2D eigenvalue weighted by Gasteiger charge is 2.45. The average Bonchev–Trinajstić information content (AvgIpc) is 0.866. The fourth-order valence-corrected chi connectivity index (χ4v) is 13.4. The number of methoxy groups -OCH3 is 5. The number of thiazole rings is 1. The number of nitrogens with zero attached hydrogens (tertiary/aromatic N) is 6. The number of hydrogen-bond acceptors (Lipinski definition) is 18. The number of ether oxygens (including phenoxy) is 8. The Morgan fingerprint density at radius 1 is 0.761 bits per heavy atom. The summed E-state index contributed by atoms with van der Waals surface area (Å²) in [5.41, 5.74) is 6.89. The van der Waals surface area contributed by atoms with Gasteiger partial charge in [-0.3, -0.25) is 19.2 Å². The van der Waals surface area contributed by atoms with E-state index in [0.717, 1.165) is 83.3 Å². The number of piperidine rings is 1. The van der Waals surface area contributed by atoms with Gasteiger partial charge in [-0.1, -0.05) is 87.7 Å². The first-order valence-corrected chi connectivity index (χ1v) is 32.5. The molecule has 494 valence electrons. The molecule has 22 nitrogen and oxygen atoms in total. The SMILES string of the molecule is COc1cccc(C(CCc2ccc(OCc3cn(CCOCC(=O)N[C@H](C(=O)N4C[C@H](O)C[C@H]4C(=O)NCc4ccc(-c5scnc5C)cc4)C(C)(C)C)nn3)c(OC)c2)OC(=O)C2CCCCN2C(=O)[C@H](c2cc(OC)c(OC)c(OC)c2)C2CCCCC2)c1. The van der Waals surface area contributed by atoms with Crippen LogP contribution in [0.1, 0.15) is 131 Å². The van der Waals surface area contributed by atoms with E-state index in [1.165, 1.54) is 4.90 Å². The molecule has 4 amide bonds. The number of amides is 4. The quantitative estimate of drug-likeness (QED) is 0.0306. The van der Waals surface area contributed by atoms with Crippen molar-refractivity contribution in [3.8, 4) is 44.9 Å². The van der Waals surface area contributed by atoms with E-state index in [4.69, 9.17) is 37.9 Å². The van der Waals surface area contributed by atoms with Crippen LogP contribution in [0.4, 0.5) is 0 Å². The van der Waals surface area contributed by atoms with Crippen LogP contribution in [0.2, 0.25) is 0 Å². The number of benzene rings is 4. The number of carbonyl (C=O) groups is 5. The molecule has 1 saturated carbocycles. The Labute approximate surface area is 542 Å². The Morgan fingerprint density at radius 2 is 1.49 bits per heavy atom. The van der Waals surface area contributed by atoms with Gasteiger partial charge in [0, 0.05) is 26.1 Å². The summed E-state index contributed by atoms with van der Waals surface area (Å²) in [5.74, 6) is 0.566. The van der Waals surface area contributed by atoms with Gasteiger partial charge in [0.2, 0.25) is 29.4 Å². The topological polar surface area (TPSA) is 254 Å². The molecule has 2 aliphatic heterocycles. The molecule has 0 spiro atoms. The minimum Gasteiger partial charge on any atom is -0.497 e. The third-order valence-electron chi connectivity index (χ3n) is 17.5. The summed E-state index contributed by atoms with van der Waals surface area (Å²) >= 11 is 1.56. The lowest BCUT2D eigenvalue weighted by Gasteiger charge is -2.40. The largest absolute Gasteiger partial charge is 0.497 e. The molecule has 3 fully saturated rings. The van der Waals surface area contributed by atoms with Crippen molar-refractivity contribution in [2.45, 2.75) is 154 Å². The number of aliphatic hydroxyl groups is 1. The van der Waals surface area contributed by atoms with Gasteiger partial charge in [-0.2, -0.15) is 0 Å². The van der Waals surface area contributed by atoms with E-state index in [1.807, 2.05) is 112 Å². The van der Waals surface area contributed by atoms with Gasteiger partial charge in [0.1, 0.15) is 48.9 Å². The van der Waals surface area contributed by atoms with Crippen molar-refractivity contribution in [3.63, 3.8) is 0 Å². The van der Waals surface area contributed by atoms with E-state index in [-0.39, 0.29) is 57.7 Å². The van der Waals surface area contributed by atoms with Crippen LogP contribution in [-0.2, 0) is 59.6 Å². The predicted octanol–water partition coefficient (Wildman–Crippen LogP) is 9.12. The molecule has 92 heavy (non-hydrogen) atoms. The summed E-state index contributed by atoms with van der Waals surface area (Å²) in [4.78, 5) is 79.5. The zero-order valence-electron chi connectivity index (χ0n) is 54.3. The number of esters is 1. The third-order valence-corrected chi connectivity index (χ3v) is 18.5. The molecule has 9 rings (SSSR count). The van der Waals surface area contributed by atoms with E-state index < -0.39 is 65.4 Å². The predicted molar refractivity (Wildman–Crippen MR) is 345 cm³/mol. The third kappa shape index (κ3) is 17.0. The van der Waals surface area contributed by atoms with Crippen LogP contribution in [0.3, 0.4) is 0 Å². The summed E-state index contributed by atoms with van der Waals surface area (Å²) in [5, 5.41) is 24.9. The van der Waals surface area contributed by atoms with Gasteiger partial charge in [-0.15, -0.1) is 16.4 Å². The maximum atomic E-state index is 15.2. The van der Waals surface area contributed by atoms with E-state index in [2.05, 4.69) is 25.9 Å². The van der Waals surface area contributed by atoms with Gasteiger partial charge >= 0.3 is 5.97 Å². The highest BCUT2D eigenvalue weighted by atomic mass is 32.1. The van der Waals surface area contributed by atoms with Crippen molar-refractivity contribution >= 4 is 40.9 Å². The average molecular weight is 1290 g/mol. The Bertz CT molecular complexity index is 3450.